The normalized spacial score (nSPS) is 10.1. The Hall–Kier alpha value is -1.88. The van der Waals surface area contributed by atoms with Crippen molar-refractivity contribution < 1.29 is 14.3 Å². The maximum atomic E-state index is 12.5. The molecule has 2 rings (SSSR count). The molecule has 0 amide bonds. The third kappa shape index (κ3) is 2.76. The smallest absolute Gasteiger partial charge is 0.216 e. The van der Waals surface area contributed by atoms with Gasteiger partial charge in [-0.3, -0.25) is 9.78 Å². The molecule has 0 aliphatic rings. The summed E-state index contributed by atoms with van der Waals surface area (Å²) in [5.41, 5.74) is 0.760. The van der Waals surface area contributed by atoms with Crippen molar-refractivity contribution in [3.63, 3.8) is 0 Å². The van der Waals surface area contributed by atoms with Gasteiger partial charge < -0.3 is 9.47 Å². The van der Waals surface area contributed by atoms with E-state index in [9.17, 15) is 4.79 Å². The Morgan fingerprint density at radius 3 is 2.63 bits per heavy atom. The lowest BCUT2D eigenvalue weighted by Crippen LogP contribution is -2.07. The van der Waals surface area contributed by atoms with Crippen molar-refractivity contribution in [1.29, 1.82) is 0 Å². The third-order valence-electron chi connectivity index (χ3n) is 2.62. The second-order valence-electron chi connectivity index (χ2n) is 3.73. The molecule has 0 fully saturated rings. The predicted octanol–water partition coefficient (Wildman–Crippen LogP) is 3.09. The molecular formula is C14H12BrNO3. The molecule has 4 nitrogen and oxygen atoms in total. The number of rotatable bonds is 4. The van der Waals surface area contributed by atoms with Gasteiger partial charge in [0.1, 0.15) is 17.2 Å². The van der Waals surface area contributed by atoms with Gasteiger partial charge in [0.15, 0.2) is 0 Å². The fourth-order valence-corrected chi connectivity index (χ4v) is 2.11. The molecule has 0 aliphatic heterocycles. The summed E-state index contributed by atoms with van der Waals surface area (Å²) in [6.45, 7) is 0. The highest BCUT2D eigenvalue weighted by molar-refractivity contribution is 9.10. The first-order chi connectivity index (χ1) is 9.17. The number of aromatic nitrogens is 1. The van der Waals surface area contributed by atoms with E-state index in [0.29, 0.717) is 27.2 Å². The number of nitrogens with zero attached hydrogens (tertiary/aromatic N) is 1. The monoisotopic (exact) mass is 321 g/mol. The number of ketones is 1. The van der Waals surface area contributed by atoms with Gasteiger partial charge in [-0.1, -0.05) is 0 Å². The van der Waals surface area contributed by atoms with E-state index in [-0.39, 0.29) is 5.78 Å². The summed E-state index contributed by atoms with van der Waals surface area (Å²) in [6, 6.07) is 8.60. The van der Waals surface area contributed by atoms with E-state index in [0.717, 1.165) is 0 Å². The lowest BCUT2D eigenvalue weighted by Gasteiger charge is -2.10. The maximum Gasteiger partial charge on any atom is 0.216 e. The topological polar surface area (TPSA) is 48.4 Å². The fraction of sp³-hybridized carbons (Fsp3) is 0.143. The number of carbonyl (C=O) groups excluding carboxylic acids is 1. The standard InChI is InChI=1S/C14H12BrNO3/c1-18-9-5-6-12(19-2)10(8-9)14(17)13-11(15)4-3-7-16-13/h3-8H,1-2H3. The van der Waals surface area contributed by atoms with Crippen LogP contribution in [0.2, 0.25) is 0 Å². The zero-order chi connectivity index (χ0) is 13.8. The lowest BCUT2D eigenvalue weighted by molar-refractivity contribution is 0.103. The van der Waals surface area contributed by atoms with E-state index in [1.165, 1.54) is 7.11 Å². The highest BCUT2D eigenvalue weighted by Gasteiger charge is 2.18. The quantitative estimate of drug-likeness (QED) is 0.812. The Morgan fingerprint density at radius 2 is 2.00 bits per heavy atom. The van der Waals surface area contributed by atoms with Crippen LogP contribution in [0.25, 0.3) is 0 Å². The molecule has 2 aromatic rings. The average molecular weight is 322 g/mol. The summed E-state index contributed by atoms with van der Waals surface area (Å²) in [7, 11) is 3.07. The molecule has 1 heterocycles. The van der Waals surface area contributed by atoms with Crippen LogP contribution < -0.4 is 9.47 Å². The van der Waals surface area contributed by atoms with Gasteiger partial charge in [0, 0.05) is 10.7 Å². The number of benzene rings is 1. The first-order valence-electron chi connectivity index (χ1n) is 5.54. The Morgan fingerprint density at radius 1 is 1.21 bits per heavy atom. The van der Waals surface area contributed by atoms with E-state index in [1.807, 2.05) is 0 Å². The molecule has 0 bridgehead atoms. The van der Waals surface area contributed by atoms with Crippen LogP contribution in [-0.2, 0) is 0 Å². The van der Waals surface area contributed by atoms with Crippen molar-refractivity contribution in [1.82, 2.24) is 4.98 Å². The number of pyridine rings is 1. The summed E-state index contributed by atoms with van der Waals surface area (Å²) >= 11 is 3.32. The minimum Gasteiger partial charge on any atom is -0.497 e. The van der Waals surface area contributed by atoms with E-state index >= 15 is 0 Å². The highest BCUT2D eigenvalue weighted by atomic mass is 79.9. The number of methoxy groups -OCH3 is 2. The number of carbonyl (C=O) groups is 1. The van der Waals surface area contributed by atoms with Gasteiger partial charge in [0.2, 0.25) is 5.78 Å². The van der Waals surface area contributed by atoms with Crippen molar-refractivity contribution in [3.05, 3.63) is 52.3 Å². The summed E-state index contributed by atoms with van der Waals surface area (Å²) in [6.07, 6.45) is 1.57. The van der Waals surface area contributed by atoms with Crippen molar-refractivity contribution in [3.8, 4) is 11.5 Å². The molecule has 19 heavy (non-hydrogen) atoms. The van der Waals surface area contributed by atoms with Crippen LogP contribution in [0.1, 0.15) is 16.1 Å². The van der Waals surface area contributed by atoms with E-state index < -0.39 is 0 Å². The molecule has 0 atom stereocenters. The number of ether oxygens (including phenoxy) is 2. The van der Waals surface area contributed by atoms with Crippen molar-refractivity contribution in [2.75, 3.05) is 14.2 Å². The average Bonchev–Trinajstić information content (AvgIpc) is 2.46. The maximum absolute atomic E-state index is 12.5. The van der Waals surface area contributed by atoms with Crippen molar-refractivity contribution in [2.45, 2.75) is 0 Å². The SMILES string of the molecule is COc1ccc(OC)c(C(=O)c2ncccc2Br)c1. The second kappa shape index (κ2) is 5.84. The lowest BCUT2D eigenvalue weighted by atomic mass is 10.1. The Balaban J connectivity index is 2.51. The van der Waals surface area contributed by atoms with Crippen molar-refractivity contribution in [2.24, 2.45) is 0 Å². The minimum absolute atomic E-state index is 0.219. The molecule has 98 valence electrons. The fourth-order valence-electron chi connectivity index (χ4n) is 1.67. The zero-order valence-electron chi connectivity index (χ0n) is 10.5. The Bertz CT molecular complexity index is 613. The minimum atomic E-state index is -0.219. The van der Waals surface area contributed by atoms with Crippen LogP contribution in [0.15, 0.2) is 41.0 Å². The van der Waals surface area contributed by atoms with Gasteiger partial charge in [0.25, 0.3) is 0 Å². The molecule has 0 N–H and O–H groups in total. The molecule has 0 saturated carbocycles. The summed E-state index contributed by atoms with van der Waals surface area (Å²) < 4.78 is 11.0. The van der Waals surface area contributed by atoms with Crippen LogP contribution in [0.4, 0.5) is 0 Å². The third-order valence-corrected chi connectivity index (χ3v) is 3.26. The highest BCUT2D eigenvalue weighted by Crippen LogP contribution is 2.27. The Kier molecular flexibility index (Phi) is 4.16. The molecule has 1 aromatic carbocycles. The molecule has 0 spiro atoms. The molecule has 0 radical (unpaired) electrons. The summed E-state index contributed by atoms with van der Waals surface area (Å²) in [5.74, 6) is 0.864. The first-order valence-corrected chi connectivity index (χ1v) is 6.34. The van der Waals surface area contributed by atoms with Gasteiger partial charge in [-0.2, -0.15) is 0 Å². The number of hydrogen-bond acceptors (Lipinski definition) is 4. The predicted molar refractivity (Wildman–Crippen MR) is 74.9 cm³/mol. The van der Waals surface area contributed by atoms with Crippen LogP contribution in [0.5, 0.6) is 11.5 Å². The van der Waals surface area contributed by atoms with Gasteiger partial charge in [0.05, 0.1) is 19.8 Å². The summed E-state index contributed by atoms with van der Waals surface area (Å²) in [5, 5.41) is 0. The van der Waals surface area contributed by atoms with Crippen LogP contribution in [0.3, 0.4) is 0 Å². The number of hydrogen-bond donors (Lipinski definition) is 0. The largest absolute Gasteiger partial charge is 0.497 e. The molecule has 5 heteroatoms. The van der Waals surface area contributed by atoms with Gasteiger partial charge in [-0.05, 0) is 46.3 Å². The zero-order valence-corrected chi connectivity index (χ0v) is 12.1. The molecule has 0 aliphatic carbocycles. The molecule has 1 aromatic heterocycles. The van der Waals surface area contributed by atoms with Crippen LogP contribution >= 0.6 is 15.9 Å². The molecule has 0 unspecified atom stereocenters. The van der Waals surface area contributed by atoms with Crippen LogP contribution in [-0.4, -0.2) is 25.0 Å². The van der Waals surface area contributed by atoms with E-state index in [1.54, 1.807) is 43.6 Å². The first kappa shape index (κ1) is 13.5. The van der Waals surface area contributed by atoms with Gasteiger partial charge >= 0.3 is 0 Å². The molecular weight excluding hydrogens is 310 g/mol. The summed E-state index contributed by atoms with van der Waals surface area (Å²) in [4.78, 5) is 16.6. The second-order valence-corrected chi connectivity index (χ2v) is 4.58. The van der Waals surface area contributed by atoms with Gasteiger partial charge in [-0.25, -0.2) is 0 Å². The van der Waals surface area contributed by atoms with E-state index in [4.69, 9.17) is 9.47 Å². The van der Waals surface area contributed by atoms with Crippen molar-refractivity contribution >= 4 is 21.7 Å². The number of halogens is 1. The van der Waals surface area contributed by atoms with E-state index in [2.05, 4.69) is 20.9 Å². The molecule has 0 saturated heterocycles. The van der Waals surface area contributed by atoms with Gasteiger partial charge in [-0.15, -0.1) is 0 Å². The Labute approximate surface area is 119 Å². The van der Waals surface area contributed by atoms with Crippen LogP contribution in [0, 0.1) is 0 Å².